The normalized spacial score (nSPS) is 15.5. The summed E-state index contributed by atoms with van der Waals surface area (Å²) in [7, 11) is -4.05. The van der Waals surface area contributed by atoms with Crippen molar-refractivity contribution in [3.8, 4) is 0 Å². The van der Waals surface area contributed by atoms with E-state index >= 15 is 0 Å². The van der Waals surface area contributed by atoms with Gasteiger partial charge in [0.05, 0.1) is 10.6 Å². The minimum Gasteiger partial charge on any atom is -0.350 e. The van der Waals surface area contributed by atoms with Crippen molar-refractivity contribution in [2.45, 2.75) is 50.5 Å². The quantitative estimate of drug-likeness (QED) is 0.674. The molecule has 1 amide bonds. The minimum atomic E-state index is -4.05. The van der Waals surface area contributed by atoms with Crippen molar-refractivity contribution >= 4 is 21.6 Å². The summed E-state index contributed by atoms with van der Waals surface area (Å²) in [5, 5.41) is 2.96. The van der Waals surface area contributed by atoms with Gasteiger partial charge in [0.15, 0.2) is 0 Å². The smallest absolute Gasteiger partial charge is 0.262 e. The van der Waals surface area contributed by atoms with Crippen molar-refractivity contribution in [2.24, 2.45) is 0 Å². The van der Waals surface area contributed by atoms with Gasteiger partial charge in [-0.1, -0.05) is 24.6 Å². The summed E-state index contributed by atoms with van der Waals surface area (Å²) in [4.78, 5) is 15.2. The van der Waals surface area contributed by atoms with Gasteiger partial charge >= 0.3 is 0 Å². The first-order valence-corrected chi connectivity index (χ1v) is 12.0. The van der Waals surface area contributed by atoms with Crippen LogP contribution < -0.4 is 10.0 Å². The average molecular weight is 448 g/mol. The third-order valence-corrected chi connectivity index (χ3v) is 7.14. The third kappa shape index (κ3) is 5.62. The number of sulfonamides is 1. The topological polar surface area (TPSA) is 78.5 Å². The van der Waals surface area contributed by atoms with Crippen LogP contribution in [0.5, 0.6) is 0 Å². The molecule has 2 aromatic rings. The van der Waals surface area contributed by atoms with Crippen LogP contribution in [-0.2, 0) is 10.0 Å². The molecular formula is C23H30FN3O3S. The molecule has 1 aliphatic heterocycles. The maximum Gasteiger partial charge on any atom is 0.262 e. The summed E-state index contributed by atoms with van der Waals surface area (Å²) in [6, 6.07) is 9.87. The zero-order valence-electron chi connectivity index (χ0n) is 18.2. The van der Waals surface area contributed by atoms with Crippen LogP contribution >= 0.6 is 0 Å². The molecule has 1 saturated heterocycles. The fourth-order valence-corrected chi connectivity index (χ4v) is 4.86. The maximum absolute atomic E-state index is 13.9. The van der Waals surface area contributed by atoms with Gasteiger partial charge in [0.2, 0.25) is 0 Å². The number of hydrogen-bond acceptors (Lipinski definition) is 4. The number of rotatable bonds is 7. The lowest BCUT2D eigenvalue weighted by molar-refractivity contribution is 0.0797. The lowest BCUT2D eigenvalue weighted by Crippen LogP contribution is -2.53. The lowest BCUT2D eigenvalue weighted by Gasteiger charge is -2.41. The average Bonchev–Trinajstić information content (AvgIpc) is 2.74. The Balaban J connectivity index is 1.75. The number of hydrogen-bond donors (Lipinski definition) is 2. The van der Waals surface area contributed by atoms with Crippen LogP contribution in [0.3, 0.4) is 0 Å². The molecule has 2 aromatic carbocycles. The number of piperidine rings is 1. The van der Waals surface area contributed by atoms with Crippen LogP contribution in [0.1, 0.15) is 49.0 Å². The number of nitrogens with zero attached hydrogens (tertiary/aromatic N) is 1. The number of carbonyl (C=O) groups is 1. The van der Waals surface area contributed by atoms with Gasteiger partial charge in [-0.15, -0.1) is 0 Å². The molecule has 1 heterocycles. The Morgan fingerprint density at radius 1 is 1.10 bits per heavy atom. The van der Waals surface area contributed by atoms with E-state index in [1.54, 1.807) is 19.1 Å². The molecule has 1 fully saturated rings. The van der Waals surface area contributed by atoms with E-state index in [1.165, 1.54) is 36.8 Å². The molecule has 168 valence electrons. The summed E-state index contributed by atoms with van der Waals surface area (Å²) >= 11 is 0. The lowest BCUT2D eigenvalue weighted by atomic mass is 9.98. The first kappa shape index (κ1) is 23.2. The van der Waals surface area contributed by atoms with Crippen molar-refractivity contribution in [1.29, 1.82) is 0 Å². The molecule has 0 radical (unpaired) electrons. The van der Waals surface area contributed by atoms with Crippen LogP contribution in [0.25, 0.3) is 0 Å². The predicted molar refractivity (Wildman–Crippen MR) is 120 cm³/mol. The van der Waals surface area contributed by atoms with E-state index in [2.05, 4.69) is 28.8 Å². The Labute approximate surface area is 183 Å². The van der Waals surface area contributed by atoms with Gasteiger partial charge in [-0.05, 0) is 76.5 Å². The highest BCUT2D eigenvalue weighted by atomic mass is 32.2. The zero-order valence-corrected chi connectivity index (χ0v) is 19.1. The Bertz CT molecular complexity index is 1050. The number of amides is 1. The molecule has 0 atom stereocenters. The number of benzene rings is 2. The van der Waals surface area contributed by atoms with Gasteiger partial charge < -0.3 is 5.32 Å². The Morgan fingerprint density at radius 2 is 1.77 bits per heavy atom. The van der Waals surface area contributed by atoms with E-state index in [0.717, 1.165) is 25.9 Å². The fraction of sp³-hybridized carbons (Fsp3) is 0.435. The van der Waals surface area contributed by atoms with E-state index in [1.807, 2.05) is 0 Å². The van der Waals surface area contributed by atoms with E-state index < -0.39 is 15.8 Å². The monoisotopic (exact) mass is 447 g/mol. The molecule has 31 heavy (non-hydrogen) atoms. The number of likely N-dealkylation sites (tertiary alicyclic amines) is 1. The second-order valence-corrected chi connectivity index (χ2v) is 10.3. The highest BCUT2D eigenvalue weighted by Crippen LogP contribution is 2.22. The van der Waals surface area contributed by atoms with Gasteiger partial charge in [-0.2, -0.15) is 0 Å². The van der Waals surface area contributed by atoms with E-state index in [0.29, 0.717) is 12.1 Å². The Hall–Kier alpha value is -2.45. The summed E-state index contributed by atoms with van der Waals surface area (Å²) in [6.45, 7) is 8.44. The van der Waals surface area contributed by atoms with Crippen LogP contribution in [0, 0.1) is 12.7 Å². The van der Waals surface area contributed by atoms with Crippen LogP contribution in [-0.4, -0.2) is 44.4 Å². The second kappa shape index (κ2) is 9.36. The standard InChI is InChI=1S/C23H30FN3O3S/c1-17-11-12-18(31(29,30)26-21-10-6-5-9-20(21)24)15-19(17)22(28)25-16-23(2,3)27-13-7-4-8-14-27/h5-6,9-12,15,26H,4,7-8,13-14,16H2,1-3H3,(H,25,28). The number of nitrogens with one attached hydrogen (secondary N) is 2. The number of aryl methyl sites for hydroxylation is 1. The van der Waals surface area contributed by atoms with E-state index in [-0.39, 0.29) is 27.6 Å². The zero-order chi connectivity index (χ0) is 22.6. The molecule has 8 heteroatoms. The molecule has 0 spiro atoms. The molecule has 6 nitrogen and oxygen atoms in total. The summed E-state index contributed by atoms with van der Waals surface area (Å²) in [5.41, 5.74) is 0.612. The highest BCUT2D eigenvalue weighted by molar-refractivity contribution is 7.92. The Morgan fingerprint density at radius 3 is 2.45 bits per heavy atom. The number of carbonyl (C=O) groups excluding carboxylic acids is 1. The van der Waals surface area contributed by atoms with Crippen LogP contribution in [0.2, 0.25) is 0 Å². The molecule has 0 unspecified atom stereocenters. The predicted octanol–water partition coefficient (Wildman–Crippen LogP) is 3.93. The molecule has 0 aliphatic carbocycles. The molecule has 1 aliphatic rings. The minimum absolute atomic E-state index is 0.0956. The van der Waals surface area contributed by atoms with Gasteiger partial charge in [-0.25, -0.2) is 12.8 Å². The molecule has 3 rings (SSSR count). The number of halogens is 1. The van der Waals surface area contributed by atoms with Gasteiger partial charge in [0, 0.05) is 17.6 Å². The van der Waals surface area contributed by atoms with Crippen molar-refractivity contribution in [1.82, 2.24) is 10.2 Å². The highest BCUT2D eigenvalue weighted by Gasteiger charge is 2.29. The molecule has 0 aromatic heterocycles. The summed E-state index contributed by atoms with van der Waals surface area (Å²) in [5.74, 6) is -0.998. The van der Waals surface area contributed by atoms with E-state index in [4.69, 9.17) is 0 Å². The van der Waals surface area contributed by atoms with Crippen LogP contribution in [0.4, 0.5) is 10.1 Å². The first-order chi connectivity index (χ1) is 14.6. The largest absolute Gasteiger partial charge is 0.350 e. The molecule has 2 N–H and O–H groups in total. The van der Waals surface area contributed by atoms with E-state index in [9.17, 15) is 17.6 Å². The molecule has 0 bridgehead atoms. The second-order valence-electron chi connectivity index (χ2n) is 8.60. The molecular weight excluding hydrogens is 417 g/mol. The van der Waals surface area contributed by atoms with Gasteiger partial charge in [-0.3, -0.25) is 14.4 Å². The van der Waals surface area contributed by atoms with Crippen molar-refractivity contribution < 1.29 is 17.6 Å². The summed E-state index contributed by atoms with van der Waals surface area (Å²) in [6.07, 6.45) is 3.55. The fourth-order valence-electron chi connectivity index (χ4n) is 3.76. The van der Waals surface area contributed by atoms with Gasteiger partial charge in [0.25, 0.3) is 15.9 Å². The maximum atomic E-state index is 13.9. The van der Waals surface area contributed by atoms with Crippen LogP contribution in [0.15, 0.2) is 47.4 Å². The molecule has 0 saturated carbocycles. The number of anilines is 1. The SMILES string of the molecule is Cc1ccc(S(=O)(=O)Nc2ccccc2F)cc1C(=O)NCC(C)(C)N1CCCCC1. The number of para-hydroxylation sites is 1. The summed E-state index contributed by atoms with van der Waals surface area (Å²) < 4.78 is 41.6. The van der Waals surface area contributed by atoms with Gasteiger partial charge in [0.1, 0.15) is 5.82 Å². The first-order valence-electron chi connectivity index (χ1n) is 10.5. The van der Waals surface area contributed by atoms with Crippen molar-refractivity contribution in [3.05, 3.63) is 59.4 Å². The van der Waals surface area contributed by atoms with Crippen molar-refractivity contribution in [3.63, 3.8) is 0 Å². The van der Waals surface area contributed by atoms with Crippen molar-refractivity contribution in [2.75, 3.05) is 24.4 Å². The Kier molecular flexibility index (Phi) is 7.01. The third-order valence-electron chi connectivity index (χ3n) is 5.78.